The quantitative estimate of drug-likeness (QED) is 0.739. The molecule has 1 aliphatic carbocycles. The molecule has 1 spiro atoms. The van der Waals surface area contributed by atoms with Crippen LogP contribution in [0.15, 0.2) is 47.0 Å². The SMILES string of the molecule is COCC(=O)N1N=C(C2CC(F)C=C=C2F)SC12CCOc1ccccc12. The van der Waals surface area contributed by atoms with E-state index in [0.717, 1.165) is 11.6 Å². The van der Waals surface area contributed by atoms with Crippen molar-refractivity contribution in [3.05, 3.63) is 47.5 Å². The number of benzene rings is 1. The normalized spacial score (nSPS) is 29.2. The van der Waals surface area contributed by atoms with Crippen molar-refractivity contribution >= 4 is 22.7 Å². The smallest absolute Gasteiger partial charge is 0.270 e. The maximum Gasteiger partial charge on any atom is 0.270 e. The largest absolute Gasteiger partial charge is 0.493 e. The minimum atomic E-state index is -1.29. The second kappa shape index (κ2) is 7.11. The molecule has 0 fully saturated rings. The van der Waals surface area contributed by atoms with E-state index in [2.05, 4.69) is 10.8 Å². The number of fused-ring (bicyclic) bond motifs is 2. The Hall–Kier alpha value is -2.15. The highest BCUT2D eigenvalue weighted by atomic mass is 32.2. The van der Waals surface area contributed by atoms with Crippen LogP contribution in [0.4, 0.5) is 8.78 Å². The van der Waals surface area contributed by atoms with Gasteiger partial charge in [0.2, 0.25) is 0 Å². The van der Waals surface area contributed by atoms with Crippen LogP contribution < -0.4 is 4.74 Å². The number of hydrogen-bond donors (Lipinski definition) is 0. The Balaban J connectivity index is 1.78. The first-order valence-electron chi connectivity index (χ1n) is 8.63. The highest BCUT2D eigenvalue weighted by Crippen LogP contribution is 2.55. The number of carbonyl (C=O) groups excluding carboxylic acids is 1. The van der Waals surface area contributed by atoms with Gasteiger partial charge in [0, 0.05) is 19.1 Å². The Bertz CT molecular complexity index is 868. The molecule has 0 bridgehead atoms. The van der Waals surface area contributed by atoms with Crippen molar-refractivity contribution in [2.24, 2.45) is 11.0 Å². The Morgan fingerprint density at radius 3 is 3.15 bits per heavy atom. The van der Waals surface area contributed by atoms with E-state index in [1.165, 1.54) is 23.9 Å². The number of rotatable bonds is 3. The molecule has 1 aromatic rings. The zero-order chi connectivity index (χ0) is 19.0. The molecule has 1 amide bonds. The Morgan fingerprint density at radius 2 is 2.33 bits per heavy atom. The second-order valence-electron chi connectivity index (χ2n) is 6.52. The molecule has 3 unspecified atom stereocenters. The zero-order valence-electron chi connectivity index (χ0n) is 14.7. The standard InChI is InChI=1S/C19H18F2N2O3S/c1-25-11-17(24)23-19(8-9-26-16-5-3-2-4-14(16)19)27-18(22-23)13-10-12(20)6-7-15(13)21/h2-6,12-13H,8-11H2,1H3. The van der Waals surface area contributed by atoms with Gasteiger partial charge in [-0.1, -0.05) is 35.7 Å². The van der Waals surface area contributed by atoms with Gasteiger partial charge in [0.1, 0.15) is 28.4 Å². The zero-order valence-corrected chi connectivity index (χ0v) is 15.5. The molecule has 5 nitrogen and oxygen atoms in total. The minimum Gasteiger partial charge on any atom is -0.493 e. The van der Waals surface area contributed by atoms with Gasteiger partial charge >= 0.3 is 0 Å². The number of alkyl halides is 1. The summed E-state index contributed by atoms with van der Waals surface area (Å²) in [6.07, 6.45) is 0.216. The first-order chi connectivity index (χ1) is 13.0. The summed E-state index contributed by atoms with van der Waals surface area (Å²) in [6, 6.07) is 7.41. The summed E-state index contributed by atoms with van der Waals surface area (Å²) < 4.78 is 38.9. The number of para-hydroxylation sites is 1. The topological polar surface area (TPSA) is 51.1 Å². The van der Waals surface area contributed by atoms with Crippen molar-refractivity contribution in [2.75, 3.05) is 20.3 Å². The number of ether oxygens (including phenoxy) is 2. The number of nitrogens with zero attached hydrogens (tertiary/aromatic N) is 2. The summed E-state index contributed by atoms with van der Waals surface area (Å²) in [7, 11) is 1.43. The molecule has 1 aromatic carbocycles. The van der Waals surface area contributed by atoms with Crippen LogP contribution >= 0.6 is 11.8 Å². The highest BCUT2D eigenvalue weighted by Gasteiger charge is 2.53. The molecule has 2 aliphatic heterocycles. The van der Waals surface area contributed by atoms with Gasteiger partial charge in [0.25, 0.3) is 5.91 Å². The molecule has 0 N–H and O–H groups in total. The van der Waals surface area contributed by atoms with Gasteiger partial charge in [-0.15, -0.1) is 0 Å². The molecule has 27 heavy (non-hydrogen) atoms. The van der Waals surface area contributed by atoms with Crippen molar-refractivity contribution in [2.45, 2.75) is 23.9 Å². The van der Waals surface area contributed by atoms with E-state index in [1.54, 1.807) is 0 Å². The average molecular weight is 392 g/mol. The average Bonchev–Trinajstić information content (AvgIpc) is 3.04. The third-order valence-corrected chi connectivity index (χ3v) is 6.30. The molecule has 0 radical (unpaired) electrons. The summed E-state index contributed by atoms with van der Waals surface area (Å²) >= 11 is 1.29. The molecule has 4 rings (SSSR count). The lowest BCUT2D eigenvalue weighted by molar-refractivity contribution is -0.139. The number of thioether (sulfide) groups is 1. The van der Waals surface area contributed by atoms with Crippen LogP contribution in [0, 0.1) is 5.92 Å². The fraction of sp³-hybridized carbons (Fsp3) is 0.421. The summed E-state index contributed by atoms with van der Waals surface area (Å²) in [5.74, 6) is -1.09. The summed E-state index contributed by atoms with van der Waals surface area (Å²) in [5.41, 5.74) is 3.13. The van der Waals surface area contributed by atoms with Gasteiger partial charge in [0.05, 0.1) is 12.5 Å². The maximum atomic E-state index is 14.4. The van der Waals surface area contributed by atoms with E-state index < -0.39 is 22.8 Å². The van der Waals surface area contributed by atoms with Gasteiger partial charge < -0.3 is 9.47 Å². The number of hydrazone groups is 1. The fourth-order valence-electron chi connectivity index (χ4n) is 3.55. The maximum absolute atomic E-state index is 14.4. The van der Waals surface area contributed by atoms with Crippen LogP contribution in [0.2, 0.25) is 0 Å². The van der Waals surface area contributed by atoms with E-state index in [0.29, 0.717) is 23.8 Å². The molecule has 0 saturated carbocycles. The van der Waals surface area contributed by atoms with E-state index in [9.17, 15) is 13.6 Å². The molecular weight excluding hydrogens is 374 g/mol. The van der Waals surface area contributed by atoms with Gasteiger partial charge in [-0.3, -0.25) is 4.79 Å². The molecule has 0 aromatic heterocycles. The lowest BCUT2D eigenvalue weighted by Crippen LogP contribution is -2.45. The predicted molar refractivity (Wildman–Crippen MR) is 97.7 cm³/mol. The first kappa shape index (κ1) is 18.2. The summed E-state index contributed by atoms with van der Waals surface area (Å²) in [5, 5.41) is 6.17. The minimum absolute atomic E-state index is 0.0504. The third-order valence-electron chi connectivity index (χ3n) is 4.79. The lowest BCUT2D eigenvalue weighted by Gasteiger charge is -2.39. The van der Waals surface area contributed by atoms with Gasteiger partial charge in [-0.05, 0) is 18.6 Å². The van der Waals surface area contributed by atoms with Crippen LogP contribution in [0.3, 0.4) is 0 Å². The van der Waals surface area contributed by atoms with Crippen LogP contribution in [0.25, 0.3) is 0 Å². The molecule has 2 heterocycles. The van der Waals surface area contributed by atoms with Crippen LogP contribution in [0.1, 0.15) is 18.4 Å². The number of methoxy groups -OCH3 is 1. The Morgan fingerprint density at radius 1 is 1.52 bits per heavy atom. The molecular formula is C19H18F2N2O3S. The van der Waals surface area contributed by atoms with E-state index in [4.69, 9.17) is 9.47 Å². The molecule has 142 valence electrons. The van der Waals surface area contributed by atoms with Crippen molar-refractivity contribution < 1.29 is 23.0 Å². The Kier molecular flexibility index (Phi) is 4.80. The highest BCUT2D eigenvalue weighted by molar-refractivity contribution is 8.15. The number of allylic oxidation sites excluding steroid dienone is 1. The Labute approximate surface area is 159 Å². The number of halogens is 2. The van der Waals surface area contributed by atoms with Crippen molar-refractivity contribution in [3.8, 4) is 5.75 Å². The van der Waals surface area contributed by atoms with Crippen LogP contribution in [-0.2, 0) is 14.4 Å². The van der Waals surface area contributed by atoms with Gasteiger partial charge in [-0.25, -0.2) is 13.8 Å². The first-order valence-corrected chi connectivity index (χ1v) is 9.45. The van der Waals surface area contributed by atoms with Crippen molar-refractivity contribution in [1.82, 2.24) is 5.01 Å². The van der Waals surface area contributed by atoms with E-state index >= 15 is 0 Å². The number of carbonyl (C=O) groups is 1. The summed E-state index contributed by atoms with van der Waals surface area (Å²) in [6.45, 7) is 0.231. The number of hydrogen-bond acceptors (Lipinski definition) is 5. The third kappa shape index (κ3) is 3.08. The van der Waals surface area contributed by atoms with Gasteiger partial charge in [0.15, 0.2) is 5.83 Å². The second-order valence-corrected chi connectivity index (χ2v) is 7.82. The fourth-order valence-corrected chi connectivity index (χ4v) is 5.05. The molecule has 3 atom stereocenters. The van der Waals surface area contributed by atoms with Gasteiger partial charge in [-0.2, -0.15) is 5.10 Å². The number of amides is 1. The molecule has 8 heteroatoms. The van der Waals surface area contributed by atoms with Crippen LogP contribution in [0.5, 0.6) is 5.75 Å². The molecule has 3 aliphatic rings. The monoisotopic (exact) mass is 392 g/mol. The summed E-state index contributed by atoms with van der Waals surface area (Å²) in [4.78, 5) is 11.9. The van der Waals surface area contributed by atoms with Crippen molar-refractivity contribution in [1.29, 1.82) is 0 Å². The van der Waals surface area contributed by atoms with Crippen molar-refractivity contribution in [3.63, 3.8) is 0 Å². The molecule has 0 saturated heterocycles. The predicted octanol–water partition coefficient (Wildman–Crippen LogP) is 3.52. The van der Waals surface area contributed by atoms with Crippen LogP contribution in [-0.4, -0.2) is 42.5 Å². The lowest BCUT2D eigenvalue weighted by atomic mass is 9.98. The van der Waals surface area contributed by atoms with E-state index in [1.807, 2.05) is 24.3 Å². The van der Waals surface area contributed by atoms with E-state index in [-0.39, 0.29) is 18.9 Å².